The van der Waals surface area contributed by atoms with Gasteiger partial charge in [0.15, 0.2) is 5.82 Å². The first-order valence-electron chi connectivity index (χ1n) is 10.3. The number of aromatic nitrogens is 4. The molecule has 2 fully saturated rings. The van der Waals surface area contributed by atoms with Gasteiger partial charge in [0.1, 0.15) is 11.3 Å². The van der Waals surface area contributed by atoms with Gasteiger partial charge in [-0.3, -0.25) is 4.98 Å². The molecule has 2 N–H and O–H groups in total. The van der Waals surface area contributed by atoms with Crippen LogP contribution in [0.4, 0.5) is 11.6 Å². The van der Waals surface area contributed by atoms with E-state index in [9.17, 15) is 0 Å². The zero-order valence-corrected chi connectivity index (χ0v) is 16.8. The summed E-state index contributed by atoms with van der Waals surface area (Å²) in [5, 5.41) is 6.75. The second kappa shape index (κ2) is 8.86. The third-order valence-corrected chi connectivity index (χ3v) is 5.34. The molecule has 0 spiro atoms. The molecule has 0 unspecified atom stereocenters. The Morgan fingerprint density at radius 3 is 2.80 bits per heavy atom. The van der Waals surface area contributed by atoms with Gasteiger partial charge in [-0.2, -0.15) is 0 Å². The van der Waals surface area contributed by atoms with Crippen molar-refractivity contribution in [3.05, 3.63) is 36.8 Å². The van der Waals surface area contributed by atoms with E-state index in [0.717, 1.165) is 74.1 Å². The molecular weight excluding hydrogens is 382 g/mol. The number of hydrogen-bond donors (Lipinski definition) is 2. The van der Waals surface area contributed by atoms with Gasteiger partial charge < -0.3 is 25.0 Å². The average Bonchev–Trinajstić information content (AvgIpc) is 2.84. The highest BCUT2D eigenvalue weighted by molar-refractivity contribution is 5.88. The summed E-state index contributed by atoms with van der Waals surface area (Å²) in [6, 6.07) is 6.05. The molecule has 3 aromatic heterocycles. The quantitative estimate of drug-likeness (QED) is 0.649. The van der Waals surface area contributed by atoms with Gasteiger partial charge >= 0.3 is 0 Å². The Morgan fingerprint density at radius 2 is 2.00 bits per heavy atom. The van der Waals surface area contributed by atoms with E-state index in [2.05, 4.69) is 36.6 Å². The van der Waals surface area contributed by atoms with E-state index in [-0.39, 0.29) is 6.10 Å². The van der Waals surface area contributed by atoms with Crippen LogP contribution in [-0.2, 0) is 9.47 Å². The van der Waals surface area contributed by atoms with Crippen molar-refractivity contribution >= 4 is 22.7 Å². The minimum atomic E-state index is 0.102. The fourth-order valence-corrected chi connectivity index (χ4v) is 3.72. The van der Waals surface area contributed by atoms with Crippen LogP contribution in [0, 0.1) is 0 Å². The summed E-state index contributed by atoms with van der Waals surface area (Å²) in [5.41, 5.74) is 3.31. The van der Waals surface area contributed by atoms with Gasteiger partial charge in [0.25, 0.3) is 0 Å². The van der Waals surface area contributed by atoms with Crippen molar-refractivity contribution in [1.29, 1.82) is 0 Å². The first-order valence-corrected chi connectivity index (χ1v) is 10.3. The van der Waals surface area contributed by atoms with Crippen molar-refractivity contribution in [3.63, 3.8) is 0 Å². The lowest BCUT2D eigenvalue weighted by Gasteiger charge is -2.27. The van der Waals surface area contributed by atoms with E-state index < -0.39 is 0 Å². The van der Waals surface area contributed by atoms with Gasteiger partial charge in [0, 0.05) is 56.9 Å². The lowest BCUT2D eigenvalue weighted by molar-refractivity contribution is 0.0372. The van der Waals surface area contributed by atoms with Crippen LogP contribution in [-0.4, -0.2) is 78.6 Å². The maximum Gasteiger partial charge on any atom is 0.154 e. The maximum atomic E-state index is 5.79. The van der Waals surface area contributed by atoms with Crippen molar-refractivity contribution in [2.24, 2.45) is 0 Å². The molecule has 0 saturated carbocycles. The second-order valence-electron chi connectivity index (χ2n) is 7.36. The van der Waals surface area contributed by atoms with Crippen LogP contribution in [0.15, 0.2) is 36.8 Å². The zero-order chi connectivity index (χ0) is 20.2. The summed E-state index contributed by atoms with van der Waals surface area (Å²) >= 11 is 0. The zero-order valence-electron chi connectivity index (χ0n) is 16.8. The third-order valence-electron chi connectivity index (χ3n) is 5.34. The van der Waals surface area contributed by atoms with Gasteiger partial charge in [0.2, 0.25) is 0 Å². The van der Waals surface area contributed by atoms with Crippen molar-refractivity contribution < 1.29 is 9.47 Å². The van der Waals surface area contributed by atoms with E-state index in [1.807, 2.05) is 18.3 Å². The van der Waals surface area contributed by atoms with Crippen molar-refractivity contribution in [2.75, 3.05) is 62.8 Å². The van der Waals surface area contributed by atoms with Crippen LogP contribution in [0.25, 0.3) is 22.3 Å². The van der Waals surface area contributed by atoms with Gasteiger partial charge in [-0.15, -0.1) is 0 Å². The largest absolute Gasteiger partial charge is 0.378 e. The molecular formula is C21H25N7O2. The number of morpholine rings is 2. The Labute approximate surface area is 174 Å². The standard InChI is InChI=1S/C21H25N7O2/c1-2-19(28-6-9-29-10-7-28)25-12-15(1)17-11-18-20(24-4-3-23-18)21(27-17)26-14-16-13-22-5-8-30-16/h1-4,11-12,16,22H,5-10,13-14H2,(H,26,27)/t16-/m0/s1. The monoisotopic (exact) mass is 407 g/mol. The van der Waals surface area contributed by atoms with Crippen LogP contribution in [0.3, 0.4) is 0 Å². The maximum absolute atomic E-state index is 5.79. The van der Waals surface area contributed by atoms with Gasteiger partial charge in [-0.05, 0) is 18.2 Å². The fraction of sp³-hybridized carbons (Fsp3) is 0.429. The highest BCUT2D eigenvalue weighted by Crippen LogP contribution is 2.26. The molecule has 0 aliphatic carbocycles. The highest BCUT2D eigenvalue weighted by Gasteiger charge is 2.16. The molecule has 9 nitrogen and oxygen atoms in total. The molecule has 5 heterocycles. The highest BCUT2D eigenvalue weighted by atomic mass is 16.5. The Morgan fingerprint density at radius 1 is 1.10 bits per heavy atom. The number of fused-ring (bicyclic) bond motifs is 1. The van der Waals surface area contributed by atoms with Crippen molar-refractivity contribution in [3.8, 4) is 11.3 Å². The van der Waals surface area contributed by atoms with E-state index >= 15 is 0 Å². The Kier molecular flexibility index (Phi) is 5.65. The van der Waals surface area contributed by atoms with Crippen LogP contribution in [0.2, 0.25) is 0 Å². The summed E-state index contributed by atoms with van der Waals surface area (Å²) in [5.74, 6) is 1.67. The normalized spacial score (nSPS) is 19.7. The first kappa shape index (κ1) is 19.1. The SMILES string of the molecule is c1cnc2c(NC[C@@H]3CNCCO3)nc(-c3ccc(N4CCOCC4)nc3)cc2n1. The summed E-state index contributed by atoms with van der Waals surface area (Å²) in [4.78, 5) is 20.7. The van der Waals surface area contributed by atoms with Crippen molar-refractivity contribution in [1.82, 2.24) is 25.3 Å². The number of pyridine rings is 2. The topological polar surface area (TPSA) is 97.3 Å². The molecule has 2 aliphatic heterocycles. The van der Waals surface area contributed by atoms with Crippen molar-refractivity contribution in [2.45, 2.75) is 6.10 Å². The molecule has 3 aromatic rings. The Hall–Kier alpha value is -2.88. The molecule has 2 aliphatic rings. The number of nitrogens with one attached hydrogen (secondary N) is 2. The predicted octanol–water partition coefficient (Wildman–Crippen LogP) is 1.32. The number of ether oxygens (including phenoxy) is 2. The summed E-state index contributed by atoms with van der Waals surface area (Å²) in [6.07, 6.45) is 5.36. The van der Waals surface area contributed by atoms with Crippen LogP contribution in [0.5, 0.6) is 0 Å². The van der Waals surface area contributed by atoms with Crippen LogP contribution in [0.1, 0.15) is 0 Å². The summed E-state index contributed by atoms with van der Waals surface area (Å²) in [6.45, 7) is 6.30. The first-order chi connectivity index (χ1) is 14.9. The van der Waals surface area contributed by atoms with Gasteiger partial charge in [-0.1, -0.05) is 0 Å². The molecule has 0 amide bonds. The molecule has 2 saturated heterocycles. The Bertz CT molecular complexity index is 986. The minimum Gasteiger partial charge on any atom is -0.378 e. The molecule has 0 aromatic carbocycles. The summed E-state index contributed by atoms with van der Waals surface area (Å²) in [7, 11) is 0. The Balaban J connectivity index is 1.41. The number of anilines is 2. The molecule has 156 valence electrons. The smallest absolute Gasteiger partial charge is 0.154 e. The second-order valence-corrected chi connectivity index (χ2v) is 7.36. The van der Waals surface area contributed by atoms with E-state index in [0.29, 0.717) is 12.4 Å². The minimum absolute atomic E-state index is 0.102. The molecule has 30 heavy (non-hydrogen) atoms. The number of nitrogens with zero attached hydrogens (tertiary/aromatic N) is 5. The van der Waals surface area contributed by atoms with Crippen LogP contribution < -0.4 is 15.5 Å². The number of hydrogen-bond acceptors (Lipinski definition) is 9. The van der Waals surface area contributed by atoms with Crippen LogP contribution >= 0.6 is 0 Å². The third kappa shape index (κ3) is 4.18. The lowest BCUT2D eigenvalue weighted by atomic mass is 10.1. The van der Waals surface area contributed by atoms with E-state index in [4.69, 9.17) is 14.5 Å². The average molecular weight is 407 g/mol. The van der Waals surface area contributed by atoms with E-state index in [1.54, 1.807) is 12.4 Å². The molecule has 9 heteroatoms. The lowest BCUT2D eigenvalue weighted by Crippen LogP contribution is -2.42. The fourth-order valence-electron chi connectivity index (χ4n) is 3.72. The molecule has 5 rings (SSSR count). The molecule has 0 bridgehead atoms. The summed E-state index contributed by atoms with van der Waals surface area (Å²) < 4.78 is 11.2. The van der Waals surface area contributed by atoms with Gasteiger partial charge in [0.05, 0.1) is 37.1 Å². The van der Waals surface area contributed by atoms with E-state index in [1.165, 1.54) is 0 Å². The molecule has 1 atom stereocenters. The molecule has 0 radical (unpaired) electrons. The number of rotatable bonds is 5. The van der Waals surface area contributed by atoms with Gasteiger partial charge in [-0.25, -0.2) is 15.0 Å². The predicted molar refractivity (Wildman–Crippen MR) is 115 cm³/mol.